The number of ether oxygens (including phenoxy) is 1. The van der Waals surface area contributed by atoms with Gasteiger partial charge in [-0.3, -0.25) is 14.6 Å². The van der Waals surface area contributed by atoms with E-state index in [0.717, 1.165) is 42.2 Å². The Morgan fingerprint density at radius 3 is 2.64 bits per heavy atom. The van der Waals surface area contributed by atoms with Crippen molar-refractivity contribution in [3.05, 3.63) is 95.1 Å². The molecule has 0 atom stereocenters. The fourth-order valence-electron chi connectivity index (χ4n) is 4.51. The Morgan fingerprint density at radius 2 is 1.77 bits per heavy atom. The van der Waals surface area contributed by atoms with Crippen molar-refractivity contribution < 1.29 is 18.8 Å². The van der Waals surface area contributed by atoms with E-state index in [1.165, 1.54) is 12.1 Å². The summed E-state index contributed by atoms with van der Waals surface area (Å²) in [6, 6.07) is 18.0. The summed E-state index contributed by atoms with van der Waals surface area (Å²) >= 11 is 0. The Labute approximate surface area is 226 Å². The molecule has 0 spiro atoms. The van der Waals surface area contributed by atoms with Gasteiger partial charge in [-0.2, -0.15) is 0 Å². The Kier molecular flexibility index (Phi) is 8.93. The molecule has 5 rings (SSSR count). The fourth-order valence-corrected chi connectivity index (χ4v) is 4.51. The van der Waals surface area contributed by atoms with E-state index in [1.54, 1.807) is 12.3 Å². The van der Waals surface area contributed by atoms with Gasteiger partial charge in [-0.1, -0.05) is 49.2 Å². The number of aromatic nitrogens is 2. The quantitative estimate of drug-likeness (QED) is 0.332. The highest BCUT2D eigenvalue weighted by atomic mass is 19.1. The monoisotopic (exact) mass is 529 g/mol. The van der Waals surface area contributed by atoms with Crippen LogP contribution in [0.25, 0.3) is 10.9 Å². The van der Waals surface area contributed by atoms with Gasteiger partial charge in [0.1, 0.15) is 23.8 Å². The van der Waals surface area contributed by atoms with Crippen LogP contribution in [0.3, 0.4) is 0 Å². The van der Waals surface area contributed by atoms with Crippen LogP contribution in [0.4, 0.5) is 10.2 Å². The lowest BCUT2D eigenvalue weighted by Crippen LogP contribution is -2.26. The van der Waals surface area contributed by atoms with Crippen LogP contribution in [-0.2, 0) is 24.6 Å². The van der Waals surface area contributed by atoms with Crippen molar-refractivity contribution in [3.63, 3.8) is 0 Å². The van der Waals surface area contributed by atoms with Crippen molar-refractivity contribution >= 4 is 22.6 Å². The highest BCUT2D eigenvalue weighted by Crippen LogP contribution is 2.32. The summed E-state index contributed by atoms with van der Waals surface area (Å²) in [5.74, 6) is 0.136. The van der Waals surface area contributed by atoms with Crippen LogP contribution in [0.2, 0.25) is 0 Å². The molecular formula is C30H32FN5O3. The molecule has 3 heterocycles. The van der Waals surface area contributed by atoms with Crippen LogP contribution >= 0.6 is 0 Å². The second kappa shape index (κ2) is 13.1. The molecule has 2 aromatic heterocycles. The Bertz CT molecular complexity index is 1420. The molecule has 1 aliphatic rings. The first-order valence-electron chi connectivity index (χ1n) is 13.3. The minimum absolute atomic E-state index is 0.141. The molecule has 0 fully saturated rings. The first kappa shape index (κ1) is 26.5. The molecular weight excluding hydrogens is 497 g/mol. The first-order valence-corrected chi connectivity index (χ1v) is 13.3. The average Bonchev–Trinajstić information content (AvgIpc) is 2.96. The van der Waals surface area contributed by atoms with E-state index in [2.05, 4.69) is 21.1 Å². The SMILES string of the molecule is O=C1NCc2ccc(F)cc2CONCCCCCCNc2nc1c(OCc1ccccc1)c1ncccc21. The maximum absolute atomic E-state index is 14.0. The molecule has 202 valence electrons. The van der Waals surface area contributed by atoms with Gasteiger partial charge in [0.25, 0.3) is 5.91 Å². The lowest BCUT2D eigenvalue weighted by molar-refractivity contribution is 0.0267. The molecule has 0 saturated carbocycles. The van der Waals surface area contributed by atoms with Crippen molar-refractivity contribution in [2.75, 3.05) is 18.4 Å². The van der Waals surface area contributed by atoms with Crippen LogP contribution in [0, 0.1) is 5.82 Å². The van der Waals surface area contributed by atoms with Gasteiger partial charge in [0.15, 0.2) is 11.4 Å². The number of pyridine rings is 2. The molecule has 8 nitrogen and oxygen atoms in total. The lowest BCUT2D eigenvalue weighted by Gasteiger charge is -2.17. The van der Waals surface area contributed by atoms with Crippen LogP contribution < -0.4 is 20.9 Å². The second-order valence-electron chi connectivity index (χ2n) is 9.43. The van der Waals surface area contributed by atoms with E-state index in [4.69, 9.17) is 14.6 Å². The van der Waals surface area contributed by atoms with Crippen molar-refractivity contribution in [1.82, 2.24) is 20.8 Å². The zero-order valence-corrected chi connectivity index (χ0v) is 21.7. The molecule has 0 aliphatic carbocycles. The average molecular weight is 530 g/mol. The normalized spacial score (nSPS) is 15.4. The smallest absolute Gasteiger partial charge is 0.274 e. The molecule has 4 aromatic rings. The number of rotatable bonds is 3. The number of nitrogens with one attached hydrogen (secondary N) is 3. The van der Waals surface area contributed by atoms with Crippen LogP contribution in [0.5, 0.6) is 5.75 Å². The molecule has 1 amide bonds. The molecule has 9 heteroatoms. The summed E-state index contributed by atoms with van der Waals surface area (Å²) in [7, 11) is 0. The van der Waals surface area contributed by atoms with Gasteiger partial charge in [0.2, 0.25) is 0 Å². The lowest BCUT2D eigenvalue weighted by atomic mass is 10.1. The van der Waals surface area contributed by atoms with Crippen molar-refractivity contribution in [2.45, 2.75) is 45.4 Å². The number of fused-ring (bicyclic) bond motifs is 5. The summed E-state index contributed by atoms with van der Waals surface area (Å²) in [5.41, 5.74) is 6.02. The standard InChI is InChI=1S/C30H32FN5O3/c31-24-13-12-22-18-34-30(37)27-28(38-19-21-9-4-3-5-10-21)26-25(11-8-15-32-26)29(36-27)33-14-6-1-2-7-16-35-39-20-23(22)17-24/h3-5,8-13,15,17,35H,1-2,6-7,14,16,18-20H2,(H,33,36)(H,34,37). The molecule has 0 saturated heterocycles. The molecule has 1 aliphatic heterocycles. The number of benzene rings is 2. The van der Waals surface area contributed by atoms with Gasteiger partial charge in [-0.15, -0.1) is 0 Å². The van der Waals surface area contributed by atoms with Gasteiger partial charge >= 0.3 is 0 Å². The maximum atomic E-state index is 14.0. The van der Waals surface area contributed by atoms with E-state index in [0.29, 0.717) is 35.7 Å². The van der Waals surface area contributed by atoms with Crippen molar-refractivity contribution in [2.24, 2.45) is 0 Å². The third-order valence-corrected chi connectivity index (χ3v) is 6.59. The van der Waals surface area contributed by atoms with Crippen molar-refractivity contribution in [3.8, 4) is 5.75 Å². The van der Waals surface area contributed by atoms with Gasteiger partial charge in [0, 0.05) is 31.2 Å². The zero-order valence-electron chi connectivity index (χ0n) is 21.7. The summed E-state index contributed by atoms with van der Waals surface area (Å²) in [5, 5.41) is 7.13. The van der Waals surface area contributed by atoms with Crippen LogP contribution in [0.1, 0.15) is 52.9 Å². The minimum atomic E-state index is -0.413. The van der Waals surface area contributed by atoms with E-state index in [1.807, 2.05) is 42.5 Å². The minimum Gasteiger partial charge on any atom is -0.484 e. The highest BCUT2D eigenvalue weighted by Gasteiger charge is 2.22. The third kappa shape index (κ3) is 6.87. The van der Waals surface area contributed by atoms with Crippen molar-refractivity contribution in [1.29, 1.82) is 0 Å². The summed E-state index contributed by atoms with van der Waals surface area (Å²) < 4.78 is 20.2. The number of halogens is 1. The van der Waals surface area contributed by atoms with E-state index >= 15 is 0 Å². The number of anilines is 1. The van der Waals surface area contributed by atoms with E-state index in [9.17, 15) is 9.18 Å². The van der Waals surface area contributed by atoms with Gasteiger partial charge in [0.05, 0.1) is 6.61 Å². The summed E-state index contributed by atoms with van der Waals surface area (Å²) in [4.78, 5) is 28.5. The zero-order chi connectivity index (χ0) is 26.9. The molecule has 2 aromatic carbocycles. The van der Waals surface area contributed by atoms with Gasteiger partial charge in [-0.25, -0.2) is 14.9 Å². The number of hydrogen-bond acceptors (Lipinski definition) is 7. The number of amides is 1. The number of carbonyl (C=O) groups excluding carboxylic acids is 1. The topological polar surface area (TPSA) is 97.4 Å². The van der Waals surface area contributed by atoms with Crippen LogP contribution in [-0.4, -0.2) is 29.0 Å². The highest BCUT2D eigenvalue weighted by molar-refractivity contribution is 6.04. The third-order valence-electron chi connectivity index (χ3n) is 6.59. The molecule has 3 N–H and O–H groups in total. The van der Waals surface area contributed by atoms with E-state index in [-0.39, 0.29) is 31.3 Å². The Morgan fingerprint density at radius 1 is 0.923 bits per heavy atom. The molecule has 2 bridgehead atoms. The fraction of sp³-hybridized carbons (Fsp3) is 0.300. The number of hydrogen-bond donors (Lipinski definition) is 3. The van der Waals surface area contributed by atoms with E-state index < -0.39 is 5.91 Å². The predicted octanol–water partition coefficient (Wildman–Crippen LogP) is 5.29. The maximum Gasteiger partial charge on any atom is 0.274 e. The largest absolute Gasteiger partial charge is 0.484 e. The Hall–Kier alpha value is -4.08. The summed E-state index contributed by atoms with van der Waals surface area (Å²) in [6.07, 6.45) is 5.67. The van der Waals surface area contributed by atoms with Gasteiger partial charge < -0.3 is 15.4 Å². The summed E-state index contributed by atoms with van der Waals surface area (Å²) in [6.45, 7) is 2.03. The Balaban J connectivity index is 1.50. The second-order valence-corrected chi connectivity index (χ2v) is 9.43. The number of hydroxylamine groups is 1. The predicted molar refractivity (Wildman–Crippen MR) is 148 cm³/mol. The number of nitrogens with zero attached hydrogens (tertiary/aromatic N) is 2. The van der Waals surface area contributed by atoms with Gasteiger partial charge in [-0.05, 0) is 53.8 Å². The number of carbonyl (C=O) groups is 1. The van der Waals surface area contributed by atoms with Crippen LogP contribution in [0.15, 0.2) is 66.9 Å². The molecule has 39 heavy (non-hydrogen) atoms. The molecule has 0 unspecified atom stereocenters. The first-order chi connectivity index (χ1) is 19.2. The molecule has 0 radical (unpaired) electrons.